The molecule has 1 nitrogen and oxygen atoms in total. The van der Waals surface area contributed by atoms with Crippen LogP contribution in [0.2, 0.25) is 0 Å². The molecule has 0 amide bonds. The van der Waals surface area contributed by atoms with Crippen LogP contribution >= 0.6 is 0 Å². The monoisotopic (exact) mass is 112 g/mol. The normalized spacial score (nSPS) is 46.1. The smallest absolute Gasteiger partial charge is 0.0916 e. The van der Waals surface area contributed by atoms with Crippen LogP contribution in [-0.2, 0) is 4.74 Å². The van der Waals surface area contributed by atoms with E-state index in [1.54, 1.807) is 0 Å². The summed E-state index contributed by atoms with van der Waals surface area (Å²) in [6.45, 7) is 3.26. The van der Waals surface area contributed by atoms with Crippen molar-refractivity contribution in [1.82, 2.24) is 0 Å². The molecule has 1 heteroatoms. The molecule has 0 bridgehead atoms. The summed E-state index contributed by atoms with van der Waals surface area (Å²) in [5, 5.41) is 0. The lowest BCUT2D eigenvalue weighted by Gasteiger charge is -2.28. The maximum absolute atomic E-state index is 5.30. The fraction of sp³-hybridized carbons (Fsp3) is 1.00. The second-order valence-electron chi connectivity index (χ2n) is 3.23. The summed E-state index contributed by atoms with van der Waals surface area (Å²) >= 11 is 0. The highest BCUT2D eigenvalue weighted by molar-refractivity contribution is 4.97. The van der Waals surface area contributed by atoms with Crippen molar-refractivity contribution >= 4 is 0 Å². The third kappa shape index (κ3) is 0.510. The molecule has 0 N–H and O–H groups in total. The lowest BCUT2D eigenvalue weighted by molar-refractivity contribution is 0.158. The van der Waals surface area contributed by atoms with Gasteiger partial charge >= 0.3 is 0 Å². The molecule has 0 aromatic rings. The Balaban J connectivity index is 1.95. The standard InChI is InChI=1S/C7H12O/c1-7(5-8-7)6-3-2-4-6/h6H,2-5H2,1H3. The van der Waals surface area contributed by atoms with Gasteiger partial charge in [0.1, 0.15) is 0 Å². The van der Waals surface area contributed by atoms with E-state index in [9.17, 15) is 0 Å². The van der Waals surface area contributed by atoms with E-state index in [2.05, 4.69) is 6.92 Å². The van der Waals surface area contributed by atoms with E-state index in [4.69, 9.17) is 4.74 Å². The van der Waals surface area contributed by atoms with Gasteiger partial charge in [-0.2, -0.15) is 0 Å². The minimum Gasteiger partial charge on any atom is -0.370 e. The third-order valence-electron chi connectivity index (χ3n) is 2.57. The molecule has 1 heterocycles. The van der Waals surface area contributed by atoms with Crippen LogP contribution in [0.1, 0.15) is 26.2 Å². The zero-order valence-electron chi connectivity index (χ0n) is 5.31. The summed E-state index contributed by atoms with van der Waals surface area (Å²) in [6, 6.07) is 0. The molecule has 8 heavy (non-hydrogen) atoms. The van der Waals surface area contributed by atoms with Crippen LogP contribution in [0.3, 0.4) is 0 Å². The van der Waals surface area contributed by atoms with Gasteiger partial charge in [0.25, 0.3) is 0 Å². The van der Waals surface area contributed by atoms with E-state index in [1.807, 2.05) is 0 Å². The summed E-state index contributed by atoms with van der Waals surface area (Å²) in [5.74, 6) is 0.919. The summed E-state index contributed by atoms with van der Waals surface area (Å²) < 4.78 is 5.30. The Hall–Kier alpha value is -0.0400. The predicted octanol–water partition coefficient (Wildman–Crippen LogP) is 1.58. The van der Waals surface area contributed by atoms with E-state index >= 15 is 0 Å². The molecular weight excluding hydrogens is 100 g/mol. The predicted molar refractivity (Wildman–Crippen MR) is 31.7 cm³/mol. The van der Waals surface area contributed by atoms with Crippen LogP contribution in [0.4, 0.5) is 0 Å². The Kier molecular flexibility index (Phi) is 0.762. The van der Waals surface area contributed by atoms with E-state index in [-0.39, 0.29) is 0 Å². The van der Waals surface area contributed by atoms with Crippen LogP contribution in [-0.4, -0.2) is 12.2 Å². The maximum Gasteiger partial charge on any atom is 0.0916 e. The molecule has 2 aliphatic rings. The zero-order valence-corrected chi connectivity index (χ0v) is 5.31. The highest BCUT2D eigenvalue weighted by Crippen LogP contribution is 2.45. The van der Waals surface area contributed by atoms with Crippen LogP contribution in [0, 0.1) is 5.92 Å². The molecule has 46 valence electrons. The number of ether oxygens (including phenoxy) is 1. The summed E-state index contributed by atoms with van der Waals surface area (Å²) in [5.41, 5.74) is 0.345. The quantitative estimate of drug-likeness (QED) is 0.469. The number of rotatable bonds is 1. The lowest BCUT2D eigenvalue weighted by Crippen LogP contribution is -2.26. The van der Waals surface area contributed by atoms with Crippen LogP contribution < -0.4 is 0 Å². The van der Waals surface area contributed by atoms with E-state index in [1.165, 1.54) is 19.3 Å². The van der Waals surface area contributed by atoms with Gasteiger partial charge in [-0.3, -0.25) is 0 Å². The molecule has 1 aliphatic carbocycles. The molecule has 0 aromatic carbocycles. The zero-order chi connectivity index (χ0) is 5.61. The van der Waals surface area contributed by atoms with Crippen molar-refractivity contribution in [2.24, 2.45) is 5.92 Å². The second-order valence-corrected chi connectivity index (χ2v) is 3.23. The molecule has 1 aliphatic heterocycles. The Labute approximate surface area is 50.0 Å². The van der Waals surface area contributed by atoms with Gasteiger partial charge in [0, 0.05) is 0 Å². The van der Waals surface area contributed by atoms with Gasteiger partial charge in [0.05, 0.1) is 12.2 Å². The lowest BCUT2D eigenvalue weighted by atomic mass is 9.77. The minimum atomic E-state index is 0.345. The van der Waals surface area contributed by atoms with Gasteiger partial charge in [0.15, 0.2) is 0 Å². The summed E-state index contributed by atoms with van der Waals surface area (Å²) in [4.78, 5) is 0. The topological polar surface area (TPSA) is 12.5 Å². The van der Waals surface area contributed by atoms with Gasteiger partial charge in [-0.1, -0.05) is 6.42 Å². The molecule has 2 fully saturated rings. The molecule has 0 radical (unpaired) electrons. The van der Waals surface area contributed by atoms with Gasteiger partial charge in [-0.25, -0.2) is 0 Å². The Morgan fingerprint density at radius 2 is 2.12 bits per heavy atom. The fourth-order valence-corrected chi connectivity index (χ4v) is 1.37. The number of epoxide rings is 1. The van der Waals surface area contributed by atoms with Gasteiger partial charge in [0.2, 0.25) is 0 Å². The Morgan fingerprint density at radius 1 is 1.50 bits per heavy atom. The molecule has 1 atom stereocenters. The van der Waals surface area contributed by atoms with Crippen LogP contribution in [0.15, 0.2) is 0 Å². The number of hydrogen-bond acceptors (Lipinski definition) is 1. The second kappa shape index (κ2) is 1.27. The number of hydrogen-bond donors (Lipinski definition) is 0. The largest absolute Gasteiger partial charge is 0.370 e. The first-order valence-corrected chi connectivity index (χ1v) is 3.45. The van der Waals surface area contributed by atoms with Crippen LogP contribution in [0.5, 0.6) is 0 Å². The fourth-order valence-electron chi connectivity index (χ4n) is 1.37. The molecule has 2 rings (SSSR count). The summed E-state index contributed by atoms with van der Waals surface area (Å²) in [7, 11) is 0. The average Bonchev–Trinajstić information content (AvgIpc) is 2.12. The highest BCUT2D eigenvalue weighted by Gasteiger charge is 2.48. The molecule has 1 saturated carbocycles. The maximum atomic E-state index is 5.30. The van der Waals surface area contributed by atoms with Crippen molar-refractivity contribution in [3.05, 3.63) is 0 Å². The average molecular weight is 112 g/mol. The van der Waals surface area contributed by atoms with Crippen molar-refractivity contribution in [1.29, 1.82) is 0 Å². The Morgan fingerprint density at radius 3 is 2.25 bits per heavy atom. The molecular formula is C7H12O. The van der Waals surface area contributed by atoms with E-state index in [0.29, 0.717) is 5.60 Å². The highest BCUT2D eigenvalue weighted by atomic mass is 16.6. The first-order valence-electron chi connectivity index (χ1n) is 3.45. The molecule has 1 unspecified atom stereocenters. The van der Waals surface area contributed by atoms with Gasteiger partial charge in [-0.05, 0) is 25.7 Å². The first-order chi connectivity index (χ1) is 3.81. The molecule has 0 spiro atoms. The summed E-state index contributed by atoms with van der Waals surface area (Å²) in [6.07, 6.45) is 4.26. The van der Waals surface area contributed by atoms with Gasteiger partial charge < -0.3 is 4.74 Å². The molecule has 0 aromatic heterocycles. The SMILES string of the molecule is CC1(C2CCC2)CO1. The van der Waals surface area contributed by atoms with Crippen molar-refractivity contribution < 1.29 is 4.74 Å². The van der Waals surface area contributed by atoms with Crippen molar-refractivity contribution in [3.63, 3.8) is 0 Å². The minimum absolute atomic E-state index is 0.345. The van der Waals surface area contributed by atoms with E-state index in [0.717, 1.165) is 12.5 Å². The van der Waals surface area contributed by atoms with Crippen LogP contribution in [0.25, 0.3) is 0 Å². The van der Waals surface area contributed by atoms with Crippen molar-refractivity contribution in [2.45, 2.75) is 31.8 Å². The van der Waals surface area contributed by atoms with E-state index < -0.39 is 0 Å². The van der Waals surface area contributed by atoms with Gasteiger partial charge in [-0.15, -0.1) is 0 Å². The Bertz CT molecular complexity index is 101. The molecule has 1 saturated heterocycles. The van der Waals surface area contributed by atoms with Crippen molar-refractivity contribution in [3.8, 4) is 0 Å². The third-order valence-corrected chi connectivity index (χ3v) is 2.57. The van der Waals surface area contributed by atoms with Crippen molar-refractivity contribution in [2.75, 3.05) is 6.61 Å². The first kappa shape index (κ1) is 4.80.